The average Bonchev–Trinajstić information content (AvgIpc) is 2.95. The molecule has 3 aromatic carbocycles. The maximum atomic E-state index is 13.9. The number of hydrogen-bond acceptors (Lipinski definition) is 3. The SMILES string of the molecule is Cc1ccc(S(=O)(=O)C2(Cc3cccc(C)c3)C(=O)Nc3ccccc32)cc1. The van der Waals surface area contributed by atoms with Crippen LogP contribution in [0.1, 0.15) is 22.3 Å². The molecule has 0 bridgehead atoms. The molecule has 28 heavy (non-hydrogen) atoms. The zero-order chi connectivity index (χ0) is 19.9. The minimum Gasteiger partial charge on any atom is -0.324 e. The zero-order valence-corrected chi connectivity index (χ0v) is 16.6. The number of anilines is 1. The Balaban J connectivity index is 1.97. The van der Waals surface area contributed by atoms with E-state index in [1.54, 1.807) is 48.5 Å². The van der Waals surface area contributed by atoms with Crippen LogP contribution in [0.25, 0.3) is 0 Å². The molecule has 1 amide bonds. The maximum absolute atomic E-state index is 13.9. The first-order chi connectivity index (χ1) is 13.3. The molecule has 142 valence electrons. The summed E-state index contributed by atoms with van der Waals surface area (Å²) in [4.78, 5) is 13.4. The van der Waals surface area contributed by atoms with Gasteiger partial charge in [0.25, 0.3) is 5.91 Å². The third-order valence-corrected chi connectivity index (χ3v) is 7.66. The Hall–Kier alpha value is -2.92. The number of carbonyl (C=O) groups excluding carboxylic acids is 1. The Bertz CT molecular complexity index is 1170. The van der Waals surface area contributed by atoms with Gasteiger partial charge < -0.3 is 5.32 Å². The van der Waals surface area contributed by atoms with Crippen LogP contribution in [0.5, 0.6) is 0 Å². The van der Waals surface area contributed by atoms with Gasteiger partial charge in [0.2, 0.25) is 0 Å². The number of hydrogen-bond donors (Lipinski definition) is 1. The lowest BCUT2D eigenvalue weighted by Crippen LogP contribution is -2.44. The van der Waals surface area contributed by atoms with Gasteiger partial charge in [0.15, 0.2) is 14.6 Å². The molecular formula is C23H21NO3S. The van der Waals surface area contributed by atoms with Crippen LogP contribution in [0.2, 0.25) is 0 Å². The second kappa shape index (κ2) is 6.60. The zero-order valence-electron chi connectivity index (χ0n) is 15.8. The second-order valence-electron chi connectivity index (χ2n) is 7.31. The number of sulfone groups is 1. The molecule has 1 N–H and O–H groups in total. The van der Waals surface area contributed by atoms with Crippen LogP contribution in [-0.4, -0.2) is 14.3 Å². The molecule has 1 heterocycles. The van der Waals surface area contributed by atoms with Gasteiger partial charge in [-0.1, -0.05) is 65.7 Å². The lowest BCUT2D eigenvalue weighted by molar-refractivity contribution is -0.118. The maximum Gasteiger partial charge on any atom is 0.251 e. The van der Waals surface area contributed by atoms with Crippen molar-refractivity contribution in [3.63, 3.8) is 0 Å². The summed E-state index contributed by atoms with van der Waals surface area (Å²) in [6, 6.07) is 21.3. The van der Waals surface area contributed by atoms with Gasteiger partial charge in [0.1, 0.15) is 0 Å². The van der Waals surface area contributed by atoms with Gasteiger partial charge in [0.05, 0.1) is 4.90 Å². The van der Waals surface area contributed by atoms with Gasteiger partial charge in [-0.25, -0.2) is 8.42 Å². The smallest absolute Gasteiger partial charge is 0.251 e. The van der Waals surface area contributed by atoms with Crippen molar-refractivity contribution in [2.45, 2.75) is 29.9 Å². The Morgan fingerprint density at radius 3 is 2.29 bits per heavy atom. The first-order valence-corrected chi connectivity index (χ1v) is 10.6. The molecule has 0 aromatic heterocycles. The Morgan fingerprint density at radius 2 is 1.57 bits per heavy atom. The fraction of sp³-hybridized carbons (Fsp3) is 0.174. The first kappa shape index (κ1) is 18.4. The topological polar surface area (TPSA) is 63.2 Å². The second-order valence-corrected chi connectivity index (χ2v) is 9.48. The van der Waals surface area contributed by atoms with E-state index in [1.165, 1.54) is 0 Å². The summed E-state index contributed by atoms with van der Waals surface area (Å²) in [5.74, 6) is -0.504. The van der Waals surface area contributed by atoms with Gasteiger partial charge in [0, 0.05) is 17.7 Å². The number of rotatable bonds is 4. The number of aryl methyl sites for hydroxylation is 2. The minimum atomic E-state index is -4.00. The van der Waals surface area contributed by atoms with E-state index in [-0.39, 0.29) is 11.3 Å². The van der Waals surface area contributed by atoms with E-state index in [2.05, 4.69) is 5.32 Å². The first-order valence-electron chi connectivity index (χ1n) is 9.12. The van der Waals surface area contributed by atoms with Crippen molar-refractivity contribution in [2.75, 3.05) is 5.32 Å². The average molecular weight is 391 g/mol. The molecule has 0 saturated heterocycles. The van der Waals surface area contributed by atoms with E-state index in [9.17, 15) is 13.2 Å². The highest BCUT2D eigenvalue weighted by atomic mass is 32.2. The van der Waals surface area contributed by atoms with Crippen molar-refractivity contribution in [1.82, 2.24) is 0 Å². The van der Waals surface area contributed by atoms with Gasteiger partial charge in [-0.15, -0.1) is 0 Å². The highest BCUT2D eigenvalue weighted by Gasteiger charge is 2.57. The predicted molar refractivity (Wildman–Crippen MR) is 110 cm³/mol. The van der Waals surface area contributed by atoms with Crippen LogP contribution in [0, 0.1) is 13.8 Å². The minimum absolute atomic E-state index is 0.0771. The van der Waals surface area contributed by atoms with Crippen molar-refractivity contribution in [1.29, 1.82) is 0 Å². The standard InChI is InChI=1S/C23H21NO3S/c1-16-10-12-19(13-11-16)28(26,27)23(15-18-7-5-6-17(2)14-18)20-8-3-4-9-21(20)24-22(23)25/h3-14H,15H2,1-2H3,(H,24,25). The molecule has 1 atom stereocenters. The largest absolute Gasteiger partial charge is 0.324 e. The van der Waals surface area contributed by atoms with E-state index in [0.29, 0.717) is 11.3 Å². The third-order valence-electron chi connectivity index (χ3n) is 5.30. The van der Waals surface area contributed by atoms with Crippen molar-refractivity contribution >= 4 is 21.4 Å². The Kier molecular flexibility index (Phi) is 4.35. The summed E-state index contributed by atoms with van der Waals surface area (Å²) in [6.07, 6.45) is 0.0771. The number of benzene rings is 3. The summed E-state index contributed by atoms with van der Waals surface area (Å²) in [5.41, 5.74) is 3.84. The molecule has 0 spiro atoms. The molecule has 0 fully saturated rings. The summed E-state index contributed by atoms with van der Waals surface area (Å²) in [7, 11) is -4.00. The molecule has 3 aromatic rings. The molecule has 4 nitrogen and oxygen atoms in total. The van der Waals surface area contributed by atoms with Crippen molar-refractivity contribution in [2.24, 2.45) is 0 Å². The summed E-state index contributed by atoms with van der Waals surface area (Å²) in [6.45, 7) is 3.85. The summed E-state index contributed by atoms with van der Waals surface area (Å²) < 4.78 is 26.0. The fourth-order valence-electron chi connectivity index (χ4n) is 3.86. The van der Waals surface area contributed by atoms with Crippen LogP contribution in [0.4, 0.5) is 5.69 Å². The van der Waals surface area contributed by atoms with Crippen LogP contribution in [0.15, 0.2) is 77.7 Å². The Morgan fingerprint density at radius 1 is 0.857 bits per heavy atom. The van der Waals surface area contributed by atoms with Gasteiger partial charge in [-0.05, 0) is 37.6 Å². The number of carbonyl (C=O) groups is 1. The van der Waals surface area contributed by atoms with E-state index in [1.807, 2.05) is 38.1 Å². The fourth-order valence-corrected chi connectivity index (χ4v) is 5.87. The van der Waals surface area contributed by atoms with E-state index < -0.39 is 20.5 Å². The lowest BCUT2D eigenvalue weighted by Gasteiger charge is -2.28. The number of fused-ring (bicyclic) bond motifs is 1. The Labute approximate surface area is 165 Å². The molecule has 1 aliphatic heterocycles. The van der Waals surface area contributed by atoms with Crippen molar-refractivity contribution in [3.8, 4) is 0 Å². The molecule has 0 aliphatic carbocycles. The van der Waals surface area contributed by atoms with E-state index in [0.717, 1.165) is 16.7 Å². The monoisotopic (exact) mass is 391 g/mol. The van der Waals surface area contributed by atoms with Gasteiger partial charge in [-0.2, -0.15) is 0 Å². The highest BCUT2D eigenvalue weighted by molar-refractivity contribution is 7.93. The molecule has 0 radical (unpaired) electrons. The van der Waals surface area contributed by atoms with Gasteiger partial charge in [-0.3, -0.25) is 4.79 Å². The van der Waals surface area contributed by atoms with Crippen LogP contribution in [-0.2, 0) is 25.8 Å². The van der Waals surface area contributed by atoms with Crippen LogP contribution < -0.4 is 5.32 Å². The normalized spacial score (nSPS) is 18.6. The summed E-state index contributed by atoms with van der Waals surface area (Å²) in [5, 5.41) is 2.79. The molecule has 0 saturated carbocycles. The molecule has 1 unspecified atom stereocenters. The van der Waals surface area contributed by atoms with E-state index in [4.69, 9.17) is 0 Å². The van der Waals surface area contributed by atoms with Gasteiger partial charge >= 0.3 is 0 Å². The van der Waals surface area contributed by atoms with Crippen molar-refractivity contribution in [3.05, 3.63) is 95.1 Å². The third kappa shape index (κ3) is 2.74. The van der Waals surface area contributed by atoms with Crippen molar-refractivity contribution < 1.29 is 13.2 Å². The van der Waals surface area contributed by atoms with Crippen LogP contribution in [0.3, 0.4) is 0 Å². The lowest BCUT2D eigenvalue weighted by atomic mass is 9.91. The molecular weight excluding hydrogens is 370 g/mol. The van der Waals surface area contributed by atoms with E-state index >= 15 is 0 Å². The van der Waals surface area contributed by atoms with Crippen LogP contribution >= 0.6 is 0 Å². The number of amides is 1. The molecule has 4 rings (SSSR count). The summed E-state index contributed by atoms with van der Waals surface area (Å²) >= 11 is 0. The number of nitrogens with one attached hydrogen (secondary N) is 1. The molecule has 5 heteroatoms. The highest BCUT2D eigenvalue weighted by Crippen LogP contribution is 2.47. The molecule has 1 aliphatic rings. The number of para-hydroxylation sites is 1. The quantitative estimate of drug-likeness (QED) is 0.726. The predicted octanol–water partition coefficient (Wildman–Crippen LogP) is 4.17.